The largest absolute Gasteiger partial charge is 0.319 e. The number of benzene rings is 1. The van der Waals surface area contributed by atoms with E-state index < -0.39 is 0 Å². The minimum atomic E-state index is -0.139. The Hall–Kier alpha value is -1.14. The molecule has 3 rings (SSSR count). The van der Waals surface area contributed by atoms with Crippen molar-refractivity contribution < 1.29 is 0 Å². The summed E-state index contributed by atoms with van der Waals surface area (Å²) in [6.07, 6.45) is 3.63. The first-order valence-electron chi connectivity index (χ1n) is 6.79. The Labute approximate surface area is 142 Å². The second-order valence-corrected chi connectivity index (χ2v) is 6.95. The summed E-state index contributed by atoms with van der Waals surface area (Å²) < 4.78 is 3.40. The molecule has 108 valence electrons. The Balaban J connectivity index is 2.22. The van der Waals surface area contributed by atoms with Gasteiger partial charge >= 0.3 is 0 Å². The van der Waals surface area contributed by atoms with E-state index in [1.54, 1.807) is 0 Å². The second-order valence-electron chi connectivity index (χ2n) is 5.05. The fourth-order valence-electron chi connectivity index (χ4n) is 2.57. The summed E-state index contributed by atoms with van der Waals surface area (Å²) in [5.74, 6) is 0.901. The summed E-state index contributed by atoms with van der Waals surface area (Å²) in [5.41, 5.74) is 3.30. The van der Waals surface area contributed by atoms with Crippen molar-refractivity contribution in [3.05, 3.63) is 57.7 Å². The van der Waals surface area contributed by atoms with Gasteiger partial charge in [-0.05, 0) is 72.3 Å². The van der Waals surface area contributed by atoms with Crippen molar-refractivity contribution in [2.45, 2.75) is 25.3 Å². The van der Waals surface area contributed by atoms with Crippen molar-refractivity contribution in [2.24, 2.45) is 0 Å². The standard InChI is InChI=1S/C16H15ClIN3/c1-10(17)16-20-14-9-13(18)3-4-15(14)21(16)11(2)12-5-7-19-8-6-12/h3-11H,1-2H3. The van der Waals surface area contributed by atoms with Gasteiger partial charge in [0.1, 0.15) is 5.82 Å². The lowest BCUT2D eigenvalue weighted by molar-refractivity contribution is 0.618. The average Bonchev–Trinajstić information content (AvgIpc) is 2.86. The van der Waals surface area contributed by atoms with E-state index in [9.17, 15) is 0 Å². The van der Waals surface area contributed by atoms with Gasteiger partial charge in [0, 0.05) is 16.0 Å². The maximum atomic E-state index is 6.35. The molecule has 0 saturated heterocycles. The van der Waals surface area contributed by atoms with Crippen LogP contribution >= 0.6 is 34.2 Å². The highest BCUT2D eigenvalue weighted by Gasteiger charge is 2.20. The molecule has 0 N–H and O–H groups in total. The third-order valence-electron chi connectivity index (χ3n) is 3.61. The smallest absolute Gasteiger partial charge is 0.128 e. The van der Waals surface area contributed by atoms with Crippen molar-refractivity contribution in [1.29, 1.82) is 0 Å². The summed E-state index contributed by atoms with van der Waals surface area (Å²) in [5, 5.41) is -0.139. The van der Waals surface area contributed by atoms with Crippen molar-refractivity contribution in [3.8, 4) is 0 Å². The Morgan fingerprint density at radius 1 is 1.14 bits per heavy atom. The zero-order valence-electron chi connectivity index (χ0n) is 11.8. The molecule has 21 heavy (non-hydrogen) atoms. The molecule has 2 aromatic heterocycles. The minimum absolute atomic E-state index is 0.139. The normalized spacial score (nSPS) is 14.3. The number of aromatic nitrogens is 3. The van der Waals surface area contributed by atoms with Crippen molar-refractivity contribution in [2.75, 3.05) is 0 Å². The Morgan fingerprint density at radius 3 is 2.52 bits per heavy atom. The van der Waals surface area contributed by atoms with Crippen molar-refractivity contribution >= 4 is 45.2 Å². The van der Waals surface area contributed by atoms with Crippen LogP contribution in [0.1, 0.15) is 36.7 Å². The van der Waals surface area contributed by atoms with E-state index in [1.165, 1.54) is 9.13 Å². The SMILES string of the molecule is CC(Cl)c1nc2cc(I)ccc2n1C(C)c1ccncc1. The number of imidazole rings is 1. The molecule has 0 saturated carbocycles. The second kappa shape index (κ2) is 5.93. The number of fused-ring (bicyclic) bond motifs is 1. The van der Waals surface area contributed by atoms with Gasteiger partial charge < -0.3 is 4.57 Å². The maximum Gasteiger partial charge on any atom is 0.128 e. The van der Waals surface area contributed by atoms with E-state index in [-0.39, 0.29) is 11.4 Å². The fourth-order valence-corrected chi connectivity index (χ4v) is 3.20. The van der Waals surface area contributed by atoms with Crippen LogP contribution in [0.3, 0.4) is 0 Å². The lowest BCUT2D eigenvalue weighted by Gasteiger charge is -2.19. The third-order valence-corrected chi connectivity index (χ3v) is 4.48. The van der Waals surface area contributed by atoms with E-state index in [1.807, 2.05) is 31.5 Å². The quantitative estimate of drug-likeness (QED) is 0.451. The molecule has 0 aliphatic carbocycles. The van der Waals surface area contributed by atoms with E-state index in [0.29, 0.717) is 0 Å². The molecule has 5 heteroatoms. The van der Waals surface area contributed by atoms with Crippen molar-refractivity contribution in [1.82, 2.24) is 14.5 Å². The molecule has 0 spiro atoms. The predicted octanol–water partition coefficient (Wildman–Crippen LogP) is 4.95. The summed E-state index contributed by atoms with van der Waals surface area (Å²) in [7, 11) is 0. The van der Waals surface area contributed by atoms with Crippen LogP contribution in [0, 0.1) is 3.57 Å². The molecule has 2 unspecified atom stereocenters. The summed E-state index contributed by atoms with van der Waals surface area (Å²) in [6.45, 7) is 4.13. The number of rotatable bonds is 3. The summed E-state index contributed by atoms with van der Waals surface area (Å²) in [4.78, 5) is 8.82. The summed E-state index contributed by atoms with van der Waals surface area (Å²) >= 11 is 8.66. The molecule has 2 heterocycles. The molecule has 0 fully saturated rings. The van der Waals surface area contributed by atoms with Gasteiger partial charge in [0.15, 0.2) is 0 Å². The van der Waals surface area contributed by atoms with Crippen LogP contribution < -0.4 is 0 Å². The van der Waals surface area contributed by atoms with Crippen LogP contribution in [0.5, 0.6) is 0 Å². The molecule has 0 aliphatic rings. The highest BCUT2D eigenvalue weighted by Crippen LogP contribution is 2.31. The van der Waals surface area contributed by atoms with Crippen LogP contribution in [0.2, 0.25) is 0 Å². The van der Waals surface area contributed by atoms with Gasteiger partial charge in [-0.1, -0.05) is 0 Å². The van der Waals surface area contributed by atoms with Gasteiger partial charge in [0.05, 0.1) is 22.5 Å². The number of alkyl halides is 1. The van der Waals surface area contributed by atoms with Gasteiger partial charge in [-0.2, -0.15) is 0 Å². The minimum Gasteiger partial charge on any atom is -0.319 e. The van der Waals surface area contributed by atoms with Gasteiger partial charge in [0.25, 0.3) is 0 Å². The lowest BCUT2D eigenvalue weighted by atomic mass is 10.1. The number of halogens is 2. The third kappa shape index (κ3) is 2.79. The highest BCUT2D eigenvalue weighted by atomic mass is 127. The molecular formula is C16H15ClIN3. The zero-order chi connectivity index (χ0) is 15.0. The zero-order valence-corrected chi connectivity index (χ0v) is 14.7. The number of hydrogen-bond acceptors (Lipinski definition) is 2. The maximum absolute atomic E-state index is 6.35. The Morgan fingerprint density at radius 2 is 1.86 bits per heavy atom. The molecule has 3 nitrogen and oxygen atoms in total. The topological polar surface area (TPSA) is 30.7 Å². The van der Waals surface area contributed by atoms with E-state index in [0.717, 1.165) is 16.9 Å². The number of pyridine rings is 1. The van der Waals surface area contributed by atoms with Gasteiger partial charge in [-0.25, -0.2) is 4.98 Å². The Kier molecular flexibility index (Phi) is 4.17. The van der Waals surface area contributed by atoms with Crippen LogP contribution in [-0.2, 0) is 0 Å². The molecule has 0 aliphatic heterocycles. The summed E-state index contributed by atoms with van der Waals surface area (Å²) in [6, 6.07) is 10.5. The first-order valence-corrected chi connectivity index (χ1v) is 8.31. The highest BCUT2D eigenvalue weighted by molar-refractivity contribution is 14.1. The van der Waals surface area contributed by atoms with Crippen LogP contribution in [0.25, 0.3) is 11.0 Å². The number of hydrogen-bond donors (Lipinski definition) is 0. The number of nitrogens with zero attached hydrogens (tertiary/aromatic N) is 3. The van der Waals surface area contributed by atoms with E-state index in [2.05, 4.69) is 57.3 Å². The molecule has 3 aromatic rings. The lowest BCUT2D eigenvalue weighted by Crippen LogP contribution is -2.11. The van der Waals surface area contributed by atoms with Gasteiger partial charge in [-0.15, -0.1) is 11.6 Å². The fraction of sp³-hybridized carbons (Fsp3) is 0.250. The first-order chi connectivity index (χ1) is 10.1. The van der Waals surface area contributed by atoms with E-state index in [4.69, 9.17) is 16.6 Å². The van der Waals surface area contributed by atoms with Gasteiger partial charge in [0.2, 0.25) is 0 Å². The molecule has 1 aromatic carbocycles. The molecule has 2 atom stereocenters. The molecular weight excluding hydrogens is 397 g/mol. The van der Waals surface area contributed by atoms with Crippen LogP contribution in [0.15, 0.2) is 42.7 Å². The molecule has 0 amide bonds. The molecule has 0 bridgehead atoms. The van der Waals surface area contributed by atoms with Crippen LogP contribution in [0.4, 0.5) is 0 Å². The average molecular weight is 412 g/mol. The Bertz CT molecular complexity index is 768. The monoisotopic (exact) mass is 411 g/mol. The predicted molar refractivity (Wildman–Crippen MR) is 94.8 cm³/mol. The van der Waals surface area contributed by atoms with Crippen LogP contribution in [-0.4, -0.2) is 14.5 Å². The van der Waals surface area contributed by atoms with Gasteiger partial charge in [-0.3, -0.25) is 4.98 Å². The first kappa shape index (κ1) is 14.8. The van der Waals surface area contributed by atoms with E-state index >= 15 is 0 Å². The molecule has 0 radical (unpaired) electrons. The van der Waals surface area contributed by atoms with Crippen molar-refractivity contribution in [3.63, 3.8) is 0 Å².